The van der Waals surface area contributed by atoms with E-state index in [1.165, 1.54) is 6.92 Å². The third kappa shape index (κ3) is 2.82. The van der Waals surface area contributed by atoms with Crippen molar-refractivity contribution in [3.05, 3.63) is 71.8 Å². The fourth-order valence-corrected chi connectivity index (χ4v) is 2.77. The molecule has 0 N–H and O–H groups in total. The van der Waals surface area contributed by atoms with Crippen LogP contribution >= 0.6 is 23.2 Å². The van der Waals surface area contributed by atoms with Crippen molar-refractivity contribution >= 4 is 29.2 Å². The topological polar surface area (TPSA) is 26.3 Å². The van der Waals surface area contributed by atoms with E-state index in [-0.39, 0.29) is 0 Å². The Labute approximate surface area is 128 Å². The summed E-state index contributed by atoms with van der Waals surface area (Å²) in [5.74, 6) is -0.441. The fraction of sp³-hybridized carbons (Fsp3) is 0.188. The number of ether oxygens (including phenoxy) is 1. The third-order valence-corrected chi connectivity index (χ3v) is 3.63. The molecule has 0 amide bonds. The van der Waals surface area contributed by atoms with Gasteiger partial charge in [-0.2, -0.15) is 0 Å². The lowest BCUT2D eigenvalue weighted by Crippen LogP contribution is -2.39. The molecule has 2 rings (SSSR count). The molecule has 0 heterocycles. The Morgan fingerprint density at radius 1 is 0.950 bits per heavy atom. The molecule has 0 aliphatic carbocycles. The number of benzene rings is 2. The van der Waals surface area contributed by atoms with Crippen LogP contribution in [0.2, 0.25) is 0 Å². The zero-order valence-corrected chi connectivity index (χ0v) is 12.4. The molecule has 0 saturated heterocycles. The molecule has 0 aliphatic rings. The van der Waals surface area contributed by atoms with Gasteiger partial charge in [-0.1, -0.05) is 60.7 Å². The van der Waals surface area contributed by atoms with Crippen molar-refractivity contribution in [2.45, 2.75) is 17.4 Å². The van der Waals surface area contributed by atoms with Crippen molar-refractivity contribution in [1.82, 2.24) is 0 Å². The smallest absolute Gasteiger partial charge is 0.303 e. The van der Waals surface area contributed by atoms with Crippen LogP contribution in [0.25, 0.3) is 0 Å². The maximum Gasteiger partial charge on any atom is 0.303 e. The summed E-state index contributed by atoms with van der Waals surface area (Å²) in [4.78, 5) is 10.6. The van der Waals surface area contributed by atoms with E-state index in [0.29, 0.717) is 0 Å². The molecular formula is C16H14Cl2O2. The molecule has 104 valence electrons. The summed E-state index contributed by atoms with van der Waals surface area (Å²) in [6.07, 6.45) is 0. The molecule has 0 unspecified atom stereocenters. The number of hydrogen-bond acceptors (Lipinski definition) is 2. The van der Waals surface area contributed by atoms with Crippen LogP contribution in [0, 0.1) is 0 Å². The first-order valence-electron chi connectivity index (χ1n) is 6.16. The molecular weight excluding hydrogens is 295 g/mol. The molecule has 0 aliphatic heterocycles. The highest BCUT2D eigenvalue weighted by Crippen LogP contribution is 2.41. The Morgan fingerprint density at radius 3 is 1.65 bits per heavy atom. The van der Waals surface area contributed by atoms with E-state index in [4.69, 9.17) is 27.9 Å². The van der Waals surface area contributed by atoms with Crippen LogP contribution in [0.3, 0.4) is 0 Å². The normalized spacial score (nSPS) is 11.4. The second-order valence-electron chi connectivity index (χ2n) is 4.36. The summed E-state index contributed by atoms with van der Waals surface area (Å²) < 4.78 is 5.57. The number of esters is 1. The van der Waals surface area contributed by atoms with E-state index in [9.17, 15) is 4.79 Å². The fourth-order valence-electron chi connectivity index (χ4n) is 2.18. The van der Waals surface area contributed by atoms with E-state index in [2.05, 4.69) is 0 Å². The number of carbonyl (C=O) groups is 1. The van der Waals surface area contributed by atoms with Crippen LogP contribution in [0.5, 0.6) is 0 Å². The molecule has 0 fully saturated rings. The highest BCUT2D eigenvalue weighted by atomic mass is 35.5. The summed E-state index contributed by atoms with van der Waals surface area (Å²) in [6.45, 7) is 1.34. The molecule has 2 aromatic carbocycles. The number of hydrogen-bond donors (Lipinski definition) is 0. The van der Waals surface area contributed by atoms with Crippen LogP contribution in [0.4, 0.5) is 0 Å². The molecule has 4 heteroatoms. The predicted octanol–water partition coefficient (Wildman–Crippen LogP) is 4.30. The minimum absolute atomic E-state index is 0.441. The minimum atomic E-state index is -1.21. The average molecular weight is 309 g/mol. The van der Waals surface area contributed by atoms with Crippen molar-refractivity contribution in [1.29, 1.82) is 0 Å². The number of alkyl halides is 2. The summed E-state index contributed by atoms with van der Waals surface area (Å²) >= 11 is 12.4. The predicted molar refractivity (Wildman–Crippen MR) is 80.9 cm³/mol. The summed E-state index contributed by atoms with van der Waals surface area (Å²) in [5.41, 5.74) is 0.255. The Hall–Kier alpha value is -1.51. The standard InChI is InChI=1S/C16H14Cl2O2/c1-12(19)20-16(15(17)18,13-8-4-2-5-9-13)14-10-6-3-7-11-14/h2-11,15H,1H3. The molecule has 0 aromatic heterocycles. The van der Waals surface area contributed by atoms with Gasteiger partial charge in [0, 0.05) is 18.1 Å². The zero-order chi connectivity index (χ0) is 14.6. The lowest BCUT2D eigenvalue weighted by atomic mass is 9.87. The van der Waals surface area contributed by atoms with Crippen LogP contribution in [0.15, 0.2) is 60.7 Å². The van der Waals surface area contributed by atoms with Gasteiger partial charge in [-0.05, 0) is 0 Å². The zero-order valence-electron chi connectivity index (χ0n) is 10.9. The van der Waals surface area contributed by atoms with Crippen LogP contribution in [-0.2, 0) is 15.1 Å². The number of halogens is 2. The van der Waals surface area contributed by atoms with Crippen molar-refractivity contribution in [3.8, 4) is 0 Å². The SMILES string of the molecule is CC(=O)OC(c1ccccc1)(c1ccccc1)C(Cl)Cl. The average Bonchev–Trinajstić information content (AvgIpc) is 2.46. The molecule has 0 atom stereocenters. The second kappa shape index (κ2) is 6.29. The maximum absolute atomic E-state index is 11.6. The minimum Gasteiger partial charge on any atom is -0.446 e. The molecule has 2 aromatic rings. The Kier molecular flexibility index (Phi) is 4.69. The Balaban J connectivity index is 2.66. The molecule has 2 nitrogen and oxygen atoms in total. The largest absolute Gasteiger partial charge is 0.446 e. The maximum atomic E-state index is 11.6. The van der Waals surface area contributed by atoms with Gasteiger partial charge in [-0.3, -0.25) is 4.79 Å². The first kappa shape index (κ1) is 14.9. The molecule has 0 radical (unpaired) electrons. The first-order valence-corrected chi connectivity index (χ1v) is 7.03. The van der Waals surface area contributed by atoms with Gasteiger partial charge in [0.1, 0.15) is 0 Å². The third-order valence-electron chi connectivity index (χ3n) is 3.02. The van der Waals surface area contributed by atoms with Crippen molar-refractivity contribution < 1.29 is 9.53 Å². The van der Waals surface area contributed by atoms with Crippen LogP contribution in [0.1, 0.15) is 18.1 Å². The van der Waals surface area contributed by atoms with Gasteiger partial charge in [-0.25, -0.2) is 0 Å². The van der Waals surface area contributed by atoms with E-state index < -0.39 is 16.4 Å². The molecule has 0 bridgehead atoms. The monoisotopic (exact) mass is 308 g/mol. The number of carbonyl (C=O) groups excluding carboxylic acids is 1. The van der Waals surface area contributed by atoms with Gasteiger partial charge in [0.25, 0.3) is 0 Å². The summed E-state index contributed by atoms with van der Waals surface area (Å²) in [6, 6.07) is 18.5. The van der Waals surface area contributed by atoms with Gasteiger partial charge in [0.2, 0.25) is 0 Å². The lowest BCUT2D eigenvalue weighted by Gasteiger charge is -2.35. The quantitative estimate of drug-likeness (QED) is 0.622. The highest BCUT2D eigenvalue weighted by molar-refractivity contribution is 6.45. The van der Waals surface area contributed by atoms with Gasteiger partial charge >= 0.3 is 5.97 Å². The Morgan fingerprint density at radius 2 is 1.35 bits per heavy atom. The highest BCUT2D eigenvalue weighted by Gasteiger charge is 2.44. The van der Waals surface area contributed by atoms with E-state index >= 15 is 0 Å². The van der Waals surface area contributed by atoms with Gasteiger partial charge in [0.15, 0.2) is 10.4 Å². The van der Waals surface area contributed by atoms with E-state index in [1.54, 1.807) is 0 Å². The molecule has 0 saturated carbocycles. The second-order valence-corrected chi connectivity index (χ2v) is 5.46. The van der Waals surface area contributed by atoms with E-state index in [0.717, 1.165) is 11.1 Å². The molecule has 20 heavy (non-hydrogen) atoms. The lowest BCUT2D eigenvalue weighted by molar-refractivity contribution is -0.152. The van der Waals surface area contributed by atoms with Gasteiger partial charge in [0.05, 0.1) is 0 Å². The summed E-state index contributed by atoms with van der Waals surface area (Å²) in [7, 11) is 0. The van der Waals surface area contributed by atoms with Crippen molar-refractivity contribution in [2.24, 2.45) is 0 Å². The van der Waals surface area contributed by atoms with Crippen LogP contribution < -0.4 is 0 Å². The number of rotatable bonds is 4. The van der Waals surface area contributed by atoms with Gasteiger partial charge in [-0.15, -0.1) is 23.2 Å². The summed E-state index contributed by atoms with van der Waals surface area (Å²) in [5, 5.41) is 0. The van der Waals surface area contributed by atoms with E-state index in [1.807, 2.05) is 60.7 Å². The van der Waals surface area contributed by atoms with Crippen LogP contribution in [-0.4, -0.2) is 10.8 Å². The molecule has 0 spiro atoms. The van der Waals surface area contributed by atoms with Crippen molar-refractivity contribution in [2.75, 3.05) is 0 Å². The first-order chi connectivity index (χ1) is 9.57. The Bertz CT molecular complexity index is 528. The van der Waals surface area contributed by atoms with Crippen molar-refractivity contribution in [3.63, 3.8) is 0 Å². The van der Waals surface area contributed by atoms with Gasteiger partial charge < -0.3 is 4.74 Å².